The monoisotopic (exact) mass is 455 g/mol. The Balaban J connectivity index is 1.90. The van der Waals surface area contributed by atoms with Gasteiger partial charge in [0, 0.05) is 24.2 Å². The molecule has 0 bridgehead atoms. The first-order valence-electron chi connectivity index (χ1n) is 9.23. The van der Waals surface area contributed by atoms with Crippen LogP contribution in [0.15, 0.2) is 47.4 Å². The van der Waals surface area contributed by atoms with Crippen molar-refractivity contribution in [3.8, 4) is 17.2 Å². The summed E-state index contributed by atoms with van der Waals surface area (Å²) in [6.45, 7) is 0.280. The van der Waals surface area contributed by atoms with Crippen LogP contribution in [0.1, 0.15) is 5.56 Å². The Labute approximate surface area is 177 Å². The number of benzene rings is 2. The van der Waals surface area contributed by atoms with Gasteiger partial charge in [-0.15, -0.1) is 0 Å². The summed E-state index contributed by atoms with van der Waals surface area (Å²) in [6.07, 6.45) is 0. The molecular weight excluding hydrogens is 430 g/mol. The lowest BCUT2D eigenvalue weighted by atomic mass is 10.1. The average molecular weight is 456 g/mol. The summed E-state index contributed by atoms with van der Waals surface area (Å²) in [5, 5.41) is 2.00. The van der Waals surface area contributed by atoms with E-state index in [1.54, 1.807) is 13.2 Å². The molecule has 0 amide bonds. The van der Waals surface area contributed by atoms with Gasteiger partial charge in [-0.05, 0) is 18.2 Å². The molecule has 0 aliphatic carbocycles. The first-order chi connectivity index (χ1) is 14.2. The Morgan fingerprint density at radius 2 is 1.60 bits per heavy atom. The van der Waals surface area contributed by atoms with Crippen molar-refractivity contribution in [3.05, 3.63) is 48.0 Å². The highest BCUT2D eigenvalue weighted by atomic mass is 32.2. The van der Waals surface area contributed by atoms with E-state index in [4.69, 9.17) is 14.2 Å². The minimum absolute atomic E-state index is 0.00802. The van der Waals surface area contributed by atoms with Gasteiger partial charge in [0.15, 0.2) is 31.2 Å². The summed E-state index contributed by atoms with van der Waals surface area (Å²) < 4.78 is 66.9. The van der Waals surface area contributed by atoms with Crippen LogP contribution in [0.3, 0.4) is 0 Å². The van der Waals surface area contributed by atoms with Crippen LogP contribution in [0.2, 0.25) is 0 Å². The lowest BCUT2D eigenvalue weighted by molar-refractivity contribution is 0.354. The molecular formula is C20H25NO7S2. The molecule has 2 atom stereocenters. The number of nitrogens with one attached hydrogen (secondary N) is 1. The molecule has 2 aromatic carbocycles. The second-order valence-electron chi connectivity index (χ2n) is 6.98. The second-order valence-corrected chi connectivity index (χ2v) is 11.3. The van der Waals surface area contributed by atoms with E-state index in [9.17, 15) is 16.8 Å². The minimum Gasteiger partial charge on any atom is -0.496 e. The summed E-state index contributed by atoms with van der Waals surface area (Å²) in [5.74, 6) is 0.608. The number of sulfone groups is 2. The molecule has 1 aliphatic rings. The van der Waals surface area contributed by atoms with E-state index in [-0.39, 0.29) is 22.9 Å². The number of ether oxygens (including phenoxy) is 3. The van der Waals surface area contributed by atoms with Crippen LogP contribution in [0.5, 0.6) is 17.2 Å². The molecule has 1 N–H and O–H groups in total. The Hall–Kier alpha value is -2.30. The van der Waals surface area contributed by atoms with E-state index in [1.165, 1.54) is 32.4 Å². The molecule has 0 spiro atoms. The highest BCUT2D eigenvalue weighted by molar-refractivity contribution is 7.96. The molecule has 8 nitrogen and oxygen atoms in total. The van der Waals surface area contributed by atoms with Gasteiger partial charge in [0.05, 0.1) is 43.0 Å². The lowest BCUT2D eigenvalue weighted by Crippen LogP contribution is -2.43. The van der Waals surface area contributed by atoms with Gasteiger partial charge in [0.2, 0.25) is 0 Å². The summed E-state index contributed by atoms with van der Waals surface area (Å²) in [5.41, 5.74) is 0.812. The fraction of sp³-hybridized carbons (Fsp3) is 0.400. The van der Waals surface area contributed by atoms with Crippen molar-refractivity contribution in [1.82, 2.24) is 5.32 Å². The number of rotatable bonds is 8. The number of para-hydroxylation sites is 1. The predicted octanol–water partition coefficient (Wildman–Crippen LogP) is 1.44. The fourth-order valence-corrected chi connectivity index (χ4v) is 8.30. The Kier molecular flexibility index (Phi) is 6.59. The predicted molar refractivity (Wildman–Crippen MR) is 113 cm³/mol. The van der Waals surface area contributed by atoms with E-state index in [0.29, 0.717) is 11.5 Å². The van der Waals surface area contributed by atoms with Crippen LogP contribution >= 0.6 is 0 Å². The highest BCUT2D eigenvalue weighted by Gasteiger charge is 2.45. The number of hydrogen-bond donors (Lipinski definition) is 1. The topological polar surface area (TPSA) is 108 Å². The van der Waals surface area contributed by atoms with Gasteiger partial charge in [-0.3, -0.25) is 0 Å². The Morgan fingerprint density at radius 3 is 2.27 bits per heavy atom. The van der Waals surface area contributed by atoms with E-state index in [0.717, 1.165) is 5.56 Å². The molecule has 2 aromatic rings. The zero-order valence-electron chi connectivity index (χ0n) is 17.0. The molecule has 0 aromatic heterocycles. The zero-order chi connectivity index (χ0) is 21.9. The summed E-state index contributed by atoms with van der Waals surface area (Å²) in [4.78, 5) is -0.00802. The van der Waals surface area contributed by atoms with Crippen molar-refractivity contribution in [3.63, 3.8) is 0 Å². The Morgan fingerprint density at radius 1 is 0.933 bits per heavy atom. The molecule has 30 heavy (non-hydrogen) atoms. The van der Waals surface area contributed by atoms with E-state index >= 15 is 0 Å². The summed E-state index contributed by atoms with van der Waals surface area (Å²) in [7, 11) is -3.05. The standard InChI is InChI=1S/C20H25NO7S2/c1-26-17-7-5-4-6-14(17)11-21-16-12-29(22,23)13-20(16)30(24,25)15-8-9-18(27-2)19(10-15)28-3/h4-10,16,20-21H,11-13H2,1-3H3/t16-,20-/m0/s1. The van der Waals surface area contributed by atoms with Crippen molar-refractivity contribution in [2.24, 2.45) is 0 Å². The van der Waals surface area contributed by atoms with Gasteiger partial charge >= 0.3 is 0 Å². The second kappa shape index (κ2) is 8.83. The molecule has 164 valence electrons. The first-order valence-corrected chi connectivity index (χ1v) is 12.6. The molecule has 0 saturated carbocycles. The van der Waals surface area contributed by atoms with Crippen molar-refractivity contribution >= 4 is 19.7 Å². The number of methoxy groups -OCH3 is 3. The third-order valence-electron chi connectivity index (χ3n) is 5.13. The smallest absolute Gasteiger partial charge is 0.183 e. The first kappa shape index (κ1) is 22.4. The molecule has 1 saturated heterocycles. The summed E-state index contributed by atoms with van der Waals surface area (Å²) in [6, 6.07) is 10.8. The molecule has 0 radical (unpaired) electrons. The van der Waals surface area contributed by atoms with Crippen LogP contribution in [0.25, 0.3) is 0 Å². The normalized spacial score (nSPS) is 20.6. The van der Waals surface area contributed by atoms with Crippen LogP contribution in [0, 0.1) is 0 Å². The van der Waals surface area contributed by atoms with Crippen LogP contribution < -0.4 is 19.5 Å². The van der Waals surface area contributed by atoms with Crippen molar-refractivity contribution in [2.75, 3.05) is 32.8 Å². The molecule has 0 unspecified atom stereocenters. The third kappa shape index (κ3) is 4.55. The van der Waals surface area contributed by atoms with Crippen molar-refractivity contribution in [2.45, 2.75) is 22.7 Å². The fourth-order valence-electron chi connectivity index (χ4n) is 3.57. The maximum Gasteiger partial charge on any atom is 0.183 e. The number of hydrogen-bond acceptors (Lipinski definition) is 8. The molecule has 1 aliphatic heterocycles. The van der Waals surface area contributed by atoms with E-state index < -0.39 is 36.7 Å². The van der Waals surface area contributed by atoms with Crippen LogP contribution in [-0.4, -0.2) is 61.0 Å². The van der Waals surface area contributed by atoms with E-state index in [2.05, 4.69) is 5.32 Å². The average Bonchev–Trinajstić information content (AvgIpc) is 3.07. The van der Waals surface area contributed by atoms with Gasteiger partial charge in [0.25, 0.3) is 0 Å². The highest BCUT2D eigenvalue weighted by Crippen LogP contribution is 2.33. The maximum atomic E-state index is 13.3. The van der Waals surface area contributed by atoms with Crippen LogP contribution in [-0.2, 0) is 26.2 Å². The van der Waals surface area contributed by atoms with Gasteiger partial charge in [-0.1, -0.05) is 18.2 Å². The van der Waals surface area contributed by atoms with Gasteiger partial charge in [0.1, 0.15) is 5.75 Å². The molecule has 1 fully saturated rings. The largest absolute Gasteiger partial charge is 0.496 e. The maximum absolute atomic E-state index is 13.3. The third-order valence-corrected chi connectivity index (χ3v) is 9.28. The minimum atomic E-state index is -3.95. The summed E-state index contributed by atoms with van der Waals surface area (Å²) >= 11 is 0. The Bertz CT molecular complexity index is 1110. The van der Waals surface area contributed by atoms with Gasteiger partial charge in [-0.25, -0.2) is 16.8 Å². The quantitative estimate of drug-likeness (QED) is 0.637. The van der Waals surface area contributed by atoms with Crippen molar-refractivity contribution < 1.29 is 31.0 Å². The van der Waals surface area contributed by atoms with Gasteiger partial charge < -0.3 is 19.5 Å². The van der Waals surface area contributed by atoms with Gasteiger partial charge in [-0.2, -0.15) is 0 Å². The SMILES string of the molecule is COc1ccccc1CN[C@H]1CS(=O)(=O)C[C@@H]1S(=O)(=O)c1ccc(OC)c(OC)c1. The lowest BCUT2D eigenvalue weighted by Gasteiger charge is -2.21. The zero-order valence-corrected chi connectivity index (χ0v) is 18.6. The van der Waals surface area contributed by atoms with Crippen LogP contribution in [0.4, 0.5) is 0 Å². The molecule has 1 heterocycles. The molecule has 3 rings (SSSR count). The van der Waals surface area contributed by atoms with Crippen molar-refractivity contribution in [1.29, 1.82) is 0 Å². The van der Waals surface area contributed by atoms with E-state index in [1.807, 2.05) is 18.2 Å². The molecule has 10 heteroatoms.